The van der Waals surface area contributed by atoms with Crippen LogP contribution >= 0.6 is 11.6 Å². The third-order valence-corrected chi connectivity index (χ3v) is 2.83. The first-order valence-electron chi connectivity index (χ1n) is 6.04. The molecule has 0 spiro atoms. The molecule has 108 valence electrons. The molecule has 0 aliphatic carbocycles. The minimum Gasteiger partial charge on any atom is -0.546 e. The summed E-state index contributed by atoms with van der Waals surface area (Å²) in [6, 6.07) is 12.8. The lowest BCUT2D eigenvalue weighted by molar-refractivity contribution is -0.307. The van der Waals surface area contributed by atoms with Gasteiger partial charge in [0.05, 0.1) is 5.97 Å². The van der Waals surface area contributed by atoms with Crippen LogP contribution in [0.5, 0.6) is 5.75 Å². The molecule has 0 aliphatic rings. The zero-order valence-corrected chi connectivity index (χ0v) is 11.6. The van der Waals surface area contributed by atoms with Crippen LogP contribution in [-0.4, -0.2) is 18.5 Å². The minimum atomic E-state index is -1.31. The molecule has 0 saturated carbocycles. The number of carbonyl (C=O) groups excluding carboxylic acids is 2. The molecule has 2 aromatic rings. The Labute approximate surface area is 126 Å². The monoisotopic (exact) mass is 304 g/mol. The van der Waals surface area contributed by atoms with Crippen LogP contribution in [0.3, 0.4) is 0 Å². The van der Waals surface area contributed by atoms with Gasteiger partial charge in [-0.25, -0.2) is 0 Å². The lowest BCUT2D eigenvalue weighted by Crippen LogP contribution is -2.28. The summed E-state index contributed by atoms with van der Waals surface area (Å²) < 4.78 is 4.93. The molecule has 0 saturated heterocycles. The fourth-order valence-electron chi connectivity index (χ4n) is 1.58. The molecule has 0 aliphatic heterocycles. The first-order valence-corrected chi connectivity index (χ1v) is 6.42. The number of nitrogens with one attached hydrogen (secondary N) is 1. The number of ether oxygens (including phenoxy) is 1. The predicted molar refractivity (Wildman–Crippen MR) is 76.3 cm³/mol. The van der Waals surface area contributed by atoms with Gasteiger partial charge in [-0.15, -0.1) is 0 Å². The van der Waals surface area contributed by atoms with Gasteiger partial charge in [0.15, 0.2) is 0 Å². The number of carboxylic acids is 1. The van der Waals surface area contributed by atoms with E-state index in [1.807, 2.05) is 0 Å². The molecule has 2 aromatic carbocycles. The number of hydrogen-bond donors (Lipinski definition) is 1. The zero-order valence-electron chi connectivity index (χ0n) is 10.8. The number of carbonyl (C=O) groups is 2. The Morgan fingerprint density at radius 3 is 2.24 bits per heavy atom. The molecular formula is C15H11ClNO4-. The summed E-state index contributed by atoms with van der Waals surface area (Å²) >= 11 is 5.76. The van der Waals surface area contributed by atoms with E-state index < -0.39 is 12.6 Å². The van der Waals surface area contributed by atoms with Crippen LogP contribution in [-0.2, 0) is 4.79 Å². The maximum Gasteiger partial charge on any atom is 0.255 e. The summed E-state index contributed by atoms with van der Waals surface area (Å²) in [6.45, 7) is -0.531. The highest BCUT2D eigenvalue weighted by molar-refractivity contribution is 6.30. The third kappa shape index (κ3) is 4.50. The van der Waals surface area contributed by atoms with Gasteiger partial charge in [-0.05, 0) is 48.5 Å². The minimum absolute atomic E-state index is 0.288. The molecule has 1 N–H and O–H groups in total. The molecule has 5 nitrogen and oxygen atoms in total. The predicted octanol–water partition coefficient (Wildman–Crippen LogP) is 1.72. The number of halogens is 1. The van der Waals surface area contributed by atoms with Crippen LogP contribution in [0.25, 0.3) is 0 Å². The Balaban J connectivity index is 1.99. The van der Waals surface area contributed by atoms with Gasteiger partial charge in [-0.2, -0.15) is 0 Å². The molecule has 0 radical (unpaired) electrons. The van der Waals surface area contributed by atoms with Gasteiger partial charge in [0.25, 0.3) is 5.91 Å². The highest BCUT2D eigenvalue weighted by Gasteiger charge is 2.06. The van der Waals surface area contributed by atoms with E-state index in [2.05, 4.69) is 5.32 Å². The van der Waals surface area contributed by atoms with E-state index in [9.17, 15) is 14.7 Å². The topological polar surface area (TPSA) is 78.5 Å². The number of benzene rings is 2. The zero-order chi connectivity index (χ0) is 15.2. The second-order valence-electron chi connectivity index (χ2n) is 4.15. The number of anilines is 1. The number of rotatable bonds is 5. The Bertz CT molecular complexity index is 638. The standard InChI is InChI=1S/C15H12ClNO4/c16-11-3-5-12(6-4-11)17-15(20)10-1-7-13(8-2-10)21-9-14(18)19/h1-8H,9H2,(H,17,20)(H,18,19)/p-1. The first kappa shape index (κ1) is 14.9. The van der Waals surface area contributed by atoms with E-state index in [-0.39, 0.29) is 5.91 Å². The third-order valence-electron chi connectivity index (χ3n) is 2.58. The summed E-state index contributed by atoms with van der Waals surface area (Å²) in [5, 5.41) is 13.6. The van der Waals surface area contributed by atoms with Crippen molar-refractivity contribution in [2.75, 3.05) is 11.9 Å². The maximum absolute atomic E-state index is 12.0. The van der Waals surface area contributed by atoms with Crippen LogP contribution in [0.15, 0.2) is 48.5 Å². The Kier molecular flexibility index (Phi) is 4.79. The largest absolute Gasteiger partial charge is 0.546 e. The van der Waals surface area contributed by atoms with Crippen LogP contribution < -0.4 is 15.2 Å². The highest BCUT2D eigenvalue weighted by Crippen LogP contribution is 2.16. The molecule has 0 unspecified atom stereocenters. The second kappa shape index (κ2) is 6.76. The van der Waals surface area contributed by atoms with Gasteiger partial charge in [0.1, 0.15) is 12.4 Å². The normalized spacial score (nSPS) is 9.95. The van der Waals surface area contributed by atoms with Gasteiger partial charge in [0, 0.05) is 16.3 Å². The van der Waals surface area contributed by atoms with Crippen molar-refractivity contribution in [2.45, 2.75) is 0 Å². The van der Waals surface area contributed by atoms with Crippen molar-refractivity contribution in [1.82, 2.24) is 0 Å². The van der Waals surface area contributed by atoms with Crippen LogP contribution in [0, 0.1) is 0 Å². The summed E-state index contributed by atoms with van der Waals surface area (Å²) in [5.41, 5.74) is 1.05. The Morgan fingerprint density at radius 2 is 1.67 bits per heavy atom. The number of carboxylic acid groups (broad SMARTS) is 1. The van der Waals surface area contributed by atoms with E-state index in [1.54, 1.807) is 24.3 Å². The van der Waals surface area contributed by atoms with Crippen LogP contribution in [0.2, 0.25) is 5.02 Å². The molecule has 1 amide bonds. The van der Waals surface area contributed by atoms with Crippen LogP contribution in [0.1, 0.15) is 10.4 Å². The smallest absolute Gasteiger partial charge is 0.255 e. The number of hydrogen-bond acceptors (Lipinski definition) is 4. The fraction of sp³-hybridized carbons (Fsp3) is 0.0667. The van der Waals surface area contributed by atoms with Crippen LogP contribution in [0.4, 0.5) is 5.69 Å². The molecule has 0 fully saturated rings. The molecule has 0 heterocycles. The van der Waals surface area contributed by atoms with Crippen molar-refractivity contribution < 1.29 is 19.4 Å². The Morgan fingerprint density at radius 1 is 1.05 bits per heavy atom. The van der Waals surface area contributed by atoms with Crippen molar-refractivity contribution in [1.29, 1.82) is 0 Å². The quantitative estimate of drug-likeness (QED) is 0.912. The fourth-order valence-corrected chi connectivity index (χ4v) is 1.71. The van der Waals surface area contributed by atoms with Crippen molar-refractivity contribution in [3.05, 3.63) is 59.1 Å². The number of aliphatic carboxylic acids is 1. The van der Waals surface area contributed by atoms with Crippen molar-refractivity contribution in [3.63, 3.8) is 0 Å². The summed E-state index contributed by atoms with van der Waals surface area (Å²) in [6.07, 6.45) is 0. The molecule has 2 rings (SSSR count). The molecule has 21 heavy (non-hydrogen) atoms. The summed E-state index contributed by atoms with van der Waals surface area (Å²) in [5.74, 6) is -1.24. The van der Waals surface area contributed by atoms with E-state index in [4.69, 9.17) is 16.3 Å². The average Bonchev–Trinajstić information content (AvgIpc) is 2.48. The van der Waals surface area contributed by atoms with Crippen molar-refractivity contribution in [2.24, 2.45) is 0 Å². The lowest BCUT2D eigenvalue weighted by Gasteiger charge is -2.08. The highest BCUT2D eigenvalue weighted by atomic mass is 35.5. The molecule has 0 aromatic heterocycles. The SMILES string of the molecule is O=C([O-])COc1ccc(C(=O)Nc2ccc(Cl)cc2)cc1. The lowest BCUT2D eigenvalue weighted by atomic mass is 10.2. The summed E-state index contributed by atoms with van der Waals surface area (Å²) in [7, 11) is 0. The molecule has 0 atom stereocenters. The molecule has 6 heteroatoms. The van der Waals surface area contributed by atoms with Gasteiger partial charge < -0.3 is 20.0 Å². The first-order chi connectivity index (χ1) is 10.0. The van der Waals surface area contributed by atoms with Crippen molar-refractivity contribution >= 4 is 29.2 Å². The van der Waals surface area contributed by atoms with E-state index in [0.29, 0.717) is 22.0 Å². The second-order valence-corrected chi connectivity index (χ2v) is 4.58. The maximum atomic E-state index is 12.0. The Hall–Kier alpha value is -2.53. The van der Waals surface area contributed by atoms with Gasteiger partial charge >= 0.3 is 0 Å². The van der Waals surface area contributed by atoms with Gasteiger partial charge in [-0.1, -0.05) is 11.6 Å². The van der Waals surface area contributed by atoms with Gasteiger partial charge in [-0.3, -0.25) is 4.79 Å². The van der Waals surface area contributed by atoms with Crippen molar-refractivity contribution in [3.8, 4) is 5.75 Å². The summed E-state index contributed by atoms with van der Waals surface area (Å²) in [4.78, 5) is 22.3. The molecule has 0 bridgehead atoms. The van der Waals surface area contributed by atoms with E-state index in [0.717, 1.165) is 0 Å². The molecular weight excluding hydrogens is 294 g/mol. The average molecular weight is 305 g/mol. The van der Waals surface area contributed by atoms with E-state index >= 15 is 0 Å². The number of amides is 1. The van der Waals surface area contributed by atoms with Gasteiger partial charge in [0.2, 0.25) is 0 Å². The van der Waals surface area contributed by atoms with E-state index in [1.165, 1.54) is 24.3 Å².